The van der Waals surface area contributed by atoms with E-state index in [0.29, 0.717) is 19.3 Å². The fourth-order valence-electron chi connectivity index (χ4n) is 1.59. The van der Waals surface area contributed by atoms with Crippen LogP contribution in [0.2, 0.25) is 0 Å². The first kappa shape index (κ1) is 13.3. The molecule has 0 aromatic rings. The summed E-state index contributed by atoms with van der Waals surface area (Å²) in [7, 11) is 0. The SMILES string of the molecule is CCCOC(=O)[C@@H](C1CC1)[C@H](N)C(F)(F)F. The van der Waals surface area contributed by atoms with Crippen LogP contribution in [0.1, 0.15) is 26.2 Å². The molecule has 3 nitrogen and oxygen atoms in total. The van der Waals surface area contributed by atoms with Crippen molar-refractivity contribution < 1.29 is 22.7 Å². The zero-order valence-corrected chi connectivity index (χ0v) is 9.09. The molecule has 1 fully saturated rings. The van der Waals surface area contributed by atoms with Gasteiger partial charge in [0, 0.05) is 0 Å². The topological polar surface area (TPSA) is 52.3 Å². The van der Waals surface area contributed by atoms with Crippen LogP contribution >= 0.6 is 0 Å². The van der Waals surface area contributed by atoms with Gasteiger partial charge in [-0.2, -0.15) is 13.2 Å². The summed E-state index contributed by atoms with van der Waals surface area (Å²) >= 11 is 0. The van der Waals surface area contributed by atoms with Crippen molar-refractivity contribution >= 4 is 5.97 Å². The molecule has 0 spiro atoms. The molecule has 16 heavy (non-hydrogen) atoms. The van der Waals surface area contributed by atoms with Crippen LogP contribution in [0, 0.1) is 11.8 Å². The molecule has 2 N–H and O–H groups in total. The normalized spacial score (nSPS) is 20.3. The van der Waals surface area contributed by atoms with Gasteiger partial charge in [-0.15, -0.1) is 0 Å². The fourth-order valence-corrected chi connectivity index (χ4v) is 1.59. The Morgan fingerprint density at radius 1 is 1.50 bits per heavy atom. The van der Waals surface area contributed by atoms with Gasteiger partial charge in [0.2, 0.25) is 0 Å². The first-order valence-electron chi connectivity index (χ1n) is 5.36. The highest BCUT2D eigenvalue weighted by Gasteiger charge is 2.51. The maximum absolute atomic E-state index is 12.4. The van der Waals surface area contributed by atoms with Gasteiger partial charge in [-0.1, -0.05) is 6.92 Å². The van der Waals surface area contributed by atoms with Crippen LogP contribution in [0.4, 0.5) is 13.2 Å². The summed E-state index contributed by atoms with van der Waals surface area (Å²) in [5.74, 6) is -2.30. The second-order valence-electron chi connectivity index (χ2n) is 4.10. The maximum Gasteiger partial charge on any atom is 0.404 e. The van der Waals surface area contributed by atoms with Crippen LogP contribution in [0.5, 0.6) is 0 Å². The molecule has 0 radical (unpaired) electrons. The molecule has 2 atom stereocenters. The molecule has 1 aliphatic carbocycles. The molecular formula is C10H16F3NO2. The molecule has 1 aliphatic rings. The number of nitrogens with two attached hydrogens (primary N) is 1. The molecule has 0 amide bonds. The third kappa shape index (κ3) is 3.37. The van der Waals surface area contributed by atoms with E-state index in [1.165, 1.54) is 0 Å². The molecule has 0 aromatic heterocycles. The summed E-state index contributed by atoms with van der Waals surface area (Å²) < 4.78 is 42.1. The Morgan fingerprint density at radius 3 is 2.44 bits per heavy atom. The zero-order chi connectivity index (χ0) is 12.3. The largest absolute Gasteiger partial charge is 0.465 e. The molecule has 0 aliphatic heterocycles. The van der Waals surface area contributed by atoms with Gasteiger partial charge < -0.3 is 10.5 Å². The van der Waals surface area contributed by atoms with E-state index in [4.69, 9.17) is 10.5 Å². The summed E-state index contributed by atoms with van der Waals surface area (Å²) in [5, 5.41) is 0. The molecular weight excluding hydrogens is 223 g/mol. The molecule has 0 unspecified atom stereocenters. The highest BCUT2D eigenvalue weighted by Crippen LogP contribution is 2.42. The lowest BCUT2D eigenvalue weighted by atomic mass is 9.95. The van der Waals surface area contributed by atoms with Gasteiger partial charge in [0.1, 0.15) is 6.04 Å². The Hall–Kier alpha value is -0.780. The second kappa shape index (κ2) is 5.03. The van der Waals surface area contributed by atoms with Crippen molar-refractivity contribution in [3.63, 3.8) is 0 Å². The van der Waals surface area contributed by atoms with Gasteiger partial charge in [0.25, 0.3) is 0 Å². The van der Waals surface area contributed by atoms with Gasteiger partial charge in [-0.3, -0.25) is 4.79 Å². The predicted molar refractivity (Wildman–Crippen MR) is 51.5 cm³/mol. The van der Waals surface area contributed by atoms with Gasteiger partial charge >= 0.3 is 12.1 Å². The molecule has 0 heterocycles. The van der Waals surface area contributed by atoms with Crippen molar-refractivity contribution in [2.75, 3.05) is 6.61 Å². The van der Waals surface area contributed by atoms with Crippen molar-refractivity contribution in [3.8, 4) is 0 Å². The lowest BCUT2D eigenvalue weighted by molar-refractivity contribution is -0.178. The summed E-state index contributed by atoms with van der Waals surface area (Å²) in [5.41, 5.74) is 5.08. The molecule has 0 aromatic carbocycles. The maximum atomic E-state index is 12.4. The predicted octanol–water partition coefficient (Wildman–Crippen LogP) is 1.86. The van der Waals surface area contributed by atoms with E-state index in [-0.39, 0.29) is 12.5 Å². The minimum atomic E-state index is -4.54. The van der Waals surface area contributed by atoms with Crippen molar-refractivity contribution in [2.24, 2.45) is 17.6 Å². The first-order valence-corrected chi connectivity index (χ1v) is 5.36. The Bertz CT molecular complexity index is 251. The number of halogens is 3. The van der Waals surface area contributed by atoms with Crippen molar-refractivity contribution in [2.45, 2.75) is 38.4 Å². The zero-order valence-electron chi connectivity index (χ0n) is 9.09. The van der Waals surface area contributed by atoms with Gasteiger partial charge in [-0.25, -0.2) is 0 Å². The van der Waals surface area contributed by atoms with E-state index in [0.717, 1.165) is 0 Å². The minimum Gasteiger partial charge on any atom is -0.465 e. The van der Waals surface area contributed by atoms with Gasteiger partial charge in [0.15, 0.2) is 0 Å². The summed E-state index contributed by atoms with van der Waals surface area (Å²) in [6.45, 7) is 1.93. The number of hydrogen-bond donors (Lipinski definition) is 1. The highest BCUT2D eigenvalue weighted by atomic mass is 19.4. The van der Waals surface area contributed by atoms with Crippen molar-refractivity contribution in [1.82, 2.24) is 0 Å². The second-order valence-corrected chi connectivity index (χ2v) is 4.10. The molecule has 0 saturated heterocycles. The van der Waals surface area contributed by atoms with Crippen LogP contribution in [0.25, 0.3) is 0 Å². The minimum absolute atomic E-state index is 0.145. The van der Waals surface area contributed by atoms with E-state index in [1.807, 2.05) is 0 Å². The quantitative estimate of drug-likeness (QED) is 0.745. The molecule has 94 valence electrons. The van der Waals surface area contributed by atoms with Crippen LogP contribution in [0.3, 0.4) is 0 Å². The number of carbonyl (C=O) groups excluding carboxylic acids is 1. The Kier molecular flexibility index (Phi) is 4.18. The van der Waals surface area contributed by atoms with E-state index >= 15 is 0 Å². The van der Waals surface area contributed by atoms with Crippen LogP contribution in [-0.2, 0) is 9.53 Å². The first-order chi connectivity index (χ1) is 7.38. The number of rotatable bonds is 5. The number of esters is 1. The van der Waals surface area contributed by atoms with Crippen molar-refractivity contribution in [3.05, 3.63) is 0 Å². The Balaban J connectivity index is 2.63. The number of alkyl halides is 3. The molecule has 6 heteroatoms. The van der Waals surface area contributed by atoms with Gasteiger partial charge in [-0.05, 0) is 25.2 Å². The average molecular weight is 239 g/mol. The fraction of sp³-hybridized carbons (Fsp3) is 0.900. The standard InChI is InChI=1S/C10H16F3NO2/c1-2-5-16-9(15)7(6-3-4-6)8(14)10(11,12)13/h6-8H,2-5,14H2,1H3/t7-,8-/m0/s1. The van der Waals surface area contributed by atoms with E-state index in [9.17, 15) is 18.0 Å². The van der Waals surface area contributed by atoms with E-state index in [2.05, 4.69) is 0 Å². The molecule has 1 saturated carbocycles. The Morgan fingerprint density at radius 2 is 2.06 bits per heavy atom. The lowest BCUT2D eigenvalue weighted by Crippen LogP contribution is -2.48. The Labute approximate surface area is 92.1 Å². The third-order valence-corrected chi connectivity index (χ3v) is 2.62. The highest BCUT2D eigenvalue weighted by molar-refractivity contribution is 5.74. The third-order valence-electron chi connectivity index (χ3n) is 2.62. The summed E-state index contributed by atoms with van der Waals surface area (Å²) in [6.07, 6.45) is -2.71. The summed E-state index contributed by atoms with van der Waals surface area (Å²) in [6, 6.07) is -2.11. The number of carbonyl (C=O) groups is 1. The van der Waals surface area contributed by atoms with E-state index in [1.54, 1.807) is 6.92 Å². The van der Waals surface area contributed by atoms with Crippen LogP contribution in [-0.4, -0.2) is 24.8 Å². The van der Waals surface area contributed by atoms with E-state index < -0.39 is 24.1 Å². The number of ether oxygens (including phenoxy) is 1. The van der Waals surface area contributed by atoms with Crippen LogP contribution < -0.4 is 5.73 Å². The van der Waals surface area contributed by atoms with Crippen molar-refractivity contribution in [1.29, 1.82) is 0 Å². The van der Waals surface area contributed by atoms with Gasteiger partial charge in [0.05, 0.1) is 12.5 Å². The average Bonchev–Trinajstić information content (AvgIpc) is 2.97. The smallest absolute Gasteiger partial charge is 0.404 e. The number of hydrogen-bond acceptors (Lipinski definition) is 3. The molecule has 1 rings (SSSR count). The molecule has 0 bridgehead atoms. The van der Waals surface area contributed by atoms with Crippen LogP contribution in [0.15, 0.2) is 0 Å². The lowest BCUT2D eigenvalue weighted by Gasteiger charge is -2.24. The monoisotopic (exact) mass is 239 g/mol. The summed E-state index contributed by atoms with van der Waals surface area (Å²) in [4.78, 5) is 11.5.